The van der Waals surface area contributed by atoms with Gasteiger partial charge < -0.3 is 0 Å². The van der Waals surface area contributed by atoms with Crippen LogP contribution in [0.4, 0.5) is 4.39 Å². The number of nitrogens with zero attached hydrogens (tertiary/aromatic N) is 1. The van der Waals surface area contributed by atoms with E-state index in [1.54, 1.807) is 6.20 Å². The van der Waals surface area contributed by atoms with Crippen molar-refractivity contribution in [2.24, 2.45) is 0 Å². The zero-order valence-corrected chi connectivity index (χ0v) is 5.71. The molecule has 1 rings (SSSR count). The third-order valence-corrected chi connectivity index (χ3v) is 1.19. The van der Waals surface area contributed by atoms with Gasteiger partial charge in [0.25, 0.3) is 0 Å². The van der Waals surface area contributed by atoms with Crippen molar-refractivity contribution >= 4 is 6.08 Å². The number of pyridine rings is 1. The summed E-state index contributed by atoms with van der Waals surface area (Å²) in [6.07, 6.45) is 3.50. The Kier molecular flexibility index (Phi) is 2.15. The number of halogens is 1. The molecule has 10 heavy (non-hydrogen) atoms. The van der Waals surface area contributed by atoms with E-state index in [-0.39, 0.29) is 0 Å². The molecule has 0 unspecified atom stereocenters. The molecule has 0 atom stereocenters. The minimum Gasteiger partial charge on any atom is -0.261 e. The van der Waals surface area contributed by atoms with Crippen molar-refractivity contribution < 1.29 is 4.39 Å². The van der Waals surface area contributed by atoms with Gasteiger partial charge in [-0.05, 0) is 24.6 Å². The molecule has 1 nitrogen and oxygen atoms in total. The van der Waals surface area contributed by atoms with Gasteiger partial charge in [-0.25, -0.2) is 4.39 Å². The van der Waals surface area contributed by atoms with Crippen molar-refractivity contribution in [1.29, 1.82) is 0 Å². The van der Waals surface area contributed by atoms with E-state index in [9.17, 15) is 4.39 Å². The Bertz CT molecular complexity index is 226. The Balaban J connectivity index is 2.89. The van der Waals surface area contributed by atoms with Crippen molar-refractivity contribution in [3.8, 4) is 0 Å². The Labute approximate surface area is 59.2 Å². The number of aromatic nitrogens is 1. The highest BCUT2D eigenvalue weighted by molar-refractivity contribution is 5.46. The predicted molar refractivity (Wildman–Crippen MR) is 39.1 cm³/mol. The summed E-state index contributed by atoms with van der Waals surface area (Å²) >= 11 is 0. The van der Waals surface area contributed by atoms with Crippen LogP contribution in [0.5, 0.6) is 0 Å². The van der Waals surface area contributed by atoms with Crippen molar-refractivity contribution in [2.75, 3.05) is 0 Å². The average molecular weight is 137 g/mol. The molecule has 0 amide bonds. The Hall–Kier alpha value is -1.18. The molecule has 0 saturated heterocycles. The number of aryl methyl sites for hydroxylation is 1. The normalized spacial score (nSPS) is 10.6. The topological polar surface area (TPSA) is 12.9 Å². The van der Waals surface area contributed by atoms with Crippen LogP contribution in [-0.2, 0) is 0 Å². The van der Waals surface area contributed by atoms with E-state index in [4.69, 9.17) is 0 Å². The summed E-state index contributed by atoms with van der Waals surface area (Å²) in [6.45, 7) is 1.89. The van der Waals surface area contributed by atoms with Gasteiger partial charge in [0.15, 0.2) is 0 Å². The number of rotatable bonds is 1. The Morgan fingerprint density at radius 1 is 1.50 bits per heavy atom. The van der Waals surface area contributed by atoms with Gasteiger partial charge in [-0.15, -0.1) is 0 Å². The molecular weight excluding hydrogens is 129 g/mol. The molecule has 0 fully saturated rings. The van der Waals surface area contributed by atoms with Crippen molar-refractivity contribution in [3.05, 3.63) is 35.9 Å². The lowest BCUT2D eigenvalue weighted by Gasteiger charge is -1.91. The third-order valence-electron chi connectivity index (χ3n) is 1.19. The summed E-state index contributed by atoms with van der Waals surface area (Å²) in [5.41, 5.74) is 1.73. The molecule has 0 radical (unpaired) electrons. The first kappa shape index (κ1) is 6.93. The van der Waals surface area contributed by atoms with Crippen LogP contribution in [0.2, 0.25) is 0 Å². The minimum absolute atomic E-state index is 0.506. The van der Waals surface area contributed by atoms with Crippen LogP contribution in [-0.4, -0.2) is 4.98 Å². The quantitative estimate of drug-likeness (QED) is 0.578. The molecule has 1 heterocycles. The fourth-order valence-electron chi connectivity index (χ4n) is 0.651. The van der Waals surface area contributed by atoms with E-state index in [0.717, 1.165) is 11.3 Å². The van der Waals surface area contributed by atoms with Crippen LogP contribution in [0.25, 0.3) is 6.08 Å². The molecule has 0 bridgehead atoms. The van der Waals surface area contributed by atoms with Crippen LogP contribution in [0, 0.1) is 6.92 Å². The summed E-state index contributed by atoms with van der Waals surface area (Å²) in [7, 11) is 0. The zero-order valence-electron chi connectivity index (χ0n) is 5.71. The van der Waals surface area contributed by atoms with E-state index < -0.39 is 0 Å². The van der Waals surface area contributed by atoms with Gasteiger partial charge in [-0.1, -0.05) is 6.07 Å². The molecule has 0 spiro atoms. The van der Waals surface area contributed by atoms with E-state index in [2.05, 4.69) is 4.98 Å². The Morgan fingerprint density at radius 2 is 2.30 bits per heavy atom. The zero-order chi connectivity index (χ0) is 7.40. The molecule has 0 aliphatic carbocycles. The Morgan fingerprint density at radius 3 is 2.80 bits per heavy atom. The second-order valence-electron chi connectivity index (χ2n) is 2.03. The highest BCUT2D eigenvalue weighted by Crippen LogP contribution is 2.00. The first-order chi connectivity index (χ1) is 4.83. The minimum atomic E-state index is 0.506. The molecule has 1 aromatic heterocycles. The van der Waals surface area contributed by atoms with Gasteiger partial charge in [0, 0.05) is 11.9 Å². The van der Waals surface area contributed by atoms with Gasteiger partial charge in [0.2, 0.25) is 0 Å². The standard InChI is InChI=1S/C8H8FN/c1-7-2-3-8(4-5-9)6-10-7/h2-6H,1H3/b5-4-. The third kappa shape index (κ3) is 1.65. The lowest BCUT2D eigenvalue weighted by molar-refractivity contribution is 0.727. The molecule has 0 aromatic carbocycles. The first-order valence-electron chi connectivity index (χ1n) is 3.02. The van der Waals surface area contributed by atoms with E-state index in [0.29, 0.717) is 6.33 Å². The first-order valence-corrected chi connectivity index (χ1v) is 3.02. The van der Waals surface area contributed by atoms with Gasteiger partial charge in [0.1, 0.15) is 0 Å². The molecule has 0 N–H and O–H groups in total. The van der Waals surface area contributed by atoms with Crippen molar-refractivity contribution in [3.63, 3.8) is 0 Å². The highest BCUT2D eigenvalue weighted by atomic mass is 19.1. The lowest BCUT2D eigenvalue weighted by Crippen LogP contribution is -1.79. The molecular formula is C8H8FN. The molecule has 52 valence electrons. The smallest absolute Gasteiger partial charge is 0.0873 e. The van der Waals surface area contributed by atoms with Gasteiger partial charge in [-0.2, -0.15) is 0 Å². The van der Waals surface area contributed by atoms with Crippen LogP contribution < -0.4 is 0 Å². The van der Waals surface area contributed by atoms with Gasteiger partial charge >= 0.3 is 0 Å². The van der Waals surface area contributed by atoms with Crippen molar-refractivity contribution in [1.82, 2.24) is 4.98 Å². The number of hydrogen-bond donors (Lipinski definition) is 0. The summed E-state index contributed by atoms with van der Waals surface area (Å²) in [5.74, 6) is 0. The summed E-state index contributed by atoms with van der Waals surface area (Å²) in [6, 6.07) is 3.66. The summed E-state index contributed by atoms with van der Waals surface area (Å²) in [4.78, 5) is 3.98. The largest absolute Gasteiger partial charge is 0.261 e. The fourth-order valence-corrected chi connectivity index (χ4v) is 0.651. The maximum atomic E-state index is 11.6. The predicted octanol–water partition coefficient (Wildman–Crippen LogP) is 2.33. The second-order valence-corrected chi connectivity index (χ2v) is 2.03. The van der Waals surface area contributed by atoms with Crippen molar-refractivity contribution in [2.45, 2.75) is 6.92 Å². The van der Waals surface area contributed by atoms with Gasteiger partial charge in [-0.3, -0.25) is 4.98 Å². The van der Waals surface area contributed by atoms with Crippen LogP contribution in [0.15, 0.2) is 24.7 Å². The maximum Gasteiger partial charge on any atom is 0.0873 e. The van der Waals surface area contributed by atoms with E-state index in [1.165, 1.54) is 6.08 Å². The fraction of sp³-hybridized carbons (Fsp3) is 0.125. The monoisotopic (exact) mass is 137 g/mol. The highest BCUT2D eigenvalue weighted by Gasteiger charge is 1.85. The lowest BCUT2D eigenvalue weighted by atomic mass is 10.2. The molecule has 0 aliphatic heterocycles. The maximum absolute atomic E-state index is 11.6. The van der Waals surface area contributed by atoms with Crippen LogP contribution in [0.3, 0.4) is 0 Å². The van der Waals surface area contributed by atoms with E-state index >= 15 is 0 Å². The summed E-state index contributed by atoms with van der Waals surface area (Å²) < 4.78 is 11.6. The van der Waals surface area contributed by atoms with Crippen LogP contribution >= 0.6 is 0 Å². The van der Waals surface area contributed by atoms with E-state index in [1.807, 2.05) is 19.1 Å². The molecule has 0 saturated carbocycles. The SMILES string of the molecule is Cc1ccc(/C=C\F)cn1. The summed E-state index contributed by atoms with van der Waals surface area (Å²) in [5, 5.41) is 0. The van der Waals surface area contributed by atoms with Gasteiger partial charge in [0.05, 0.1) is 6.33 Å². The molecule has 2 heteroatoms. The van der Waals surface area contributed by atoms with Crippen LogP contribution in [0.1, 0.15) is 11.3 Å². The average Bonchev–Trinajstić information content (AvgIpc) is 1.95. The molecule has 0 aliphatic rings. The second kappa shape index (κ2) is 3.11. The number of hydrogen-bond acceptors (Lipinski definition) is 1. The molecule has 1 aromatic rings.